The zero-order chi connectivity index (χ0) is 24.8. The number of nitrogens with zero attached hydrogens (tertiary/aromatic N) is 1. The minimum atomic E-state index is -1.15. The molecule has 0 aliphatic carbocycles. The quantitative estimate of drug-likeness (QED) is 0.332. The van der Waals surface area contributed by atoms with Crippen LogP contribution in [0.4, 0.5) is 10.5 Å². The van der Waals surface area contributed by atoms with Crippen molar-refractivity contribution in [1.29, 1.82) is 0 Å². The first-order chi connectivity index (χ1) is 16.2. The summed E-state index contributed by atoms with van der Waals surface area (Å²) >= 11 is 0. The Morgan fingerprint density at radius 2 is 1.85 bits per heavy atom. The number of amides is 4. The third-order valence-electron chi connectivity index (χ3n) is 4.86. The Hall–Kier alpha value is -4.40. The molecule has 2 aromatic rings. The smallest absolute Gasteiger partial charge is 0.341 e. The van der Waals surface area contributed by atoms with Crippen LogP contribution in [0, 0.1) is 6.92 Å². The highest BCUT2D eigenvalue weighted by molar-refractivity contribution is 6.39. The van der Waals surface area contributed by atoms with Crippen LogP contribution in [0.2, 0.25) is 0 Å². The number of allylic oxidation sites excluding steroid dienone is 1. The summed E-state index contributed by atoms with van der Waals surface area (Å²) in [6.07, 6.45) is 3.27. The van der Waals surface area contributed by atoms with Crippen molar-refractivity contribution in [3.63, 3.8) is 0 Å². The summed E-state index contributed by atoms with van der Waals surface area (Å²) in [4.78, 5) is 50.0. The number of carboxylic acid groups (broad SMARTS) is 1. The molecule has 0 spiro atoms. The predicted molar refractivity (Wildman–Crippen MR) is 125 cm³/mol. The summed E-state index contributed by atoms with van der Waals surface area (Å²) in [6.45, 7) is 7.03. The van der Waals surface area contributed by atoms with Crippen molar-refractivity contribution in [3.05, 3.63) is 71.3 Å². The second kappa shape index (κ2) is 10.5. The van der Waals surface area contributed by atoms with Crippen LogP contribution in [0.5, 0.6) is 11.5 Å². The van der Waals surface area contributed by atoms with Crippen LogP contribution in [-0.4, -0.2) is 42.1 Å². The van der Waals surface area contributed by atoms with Gasteiger partial charge in [0.15, 0.2) is 18.1 Å². The van der Waals surface area contributed by atoms with Gasteiger partial charge in [-0.2, -0.15) is 0 Å². The van der Waals surface area contributed by atoms with E-state index >= 15 is 0 Å². The average Bonchev–Trinajstić information content (AvgIpc) is 2.77. The maximum Gasteiger partial charge on any atom is 0.341 e. The number of hydrogen-bond acceptors (Lipinski definition) is 6. The highest BCUT2D eigenvalue weighted by Crippen LogP contribution is 2.35. The molecule has 1 aliphatic heterocycles. The lowest BCUT2D eigenvalue weighted by atomic mass is 10.0. The van der Waals surface area contributed by atoms with Crippen molar-refractivity contribution in [2.45, 2.75) is 20.3 Å². The second-order valence-corrected chi connectivity index (χ2v) is 7.41. The Morgan fingerprint density at radius 1 is 1.15 bits per heavy atom. The molecule has 2 N–H and O–H groups in total. The molecule has 34 heavy (non-hydrogen) atoms. The highest BCUT2D eigenvalue weighted by Gasteiger charge is 2.36. The fourth-order valence-corrected chi connectivity index (χ4v) is 3.39. The number of anilines is 1. The van der Waals surface area contributed by atoms with E-state index in [4.69, 9.17) is 14.6 Å². The minimum Gasteiger partial charge on any atom is -0.490 e. The van der Waals surface area contributed by atoms with E-state index in [1.807, 2.05) is 6.92 Å². The van der Waals surface area contributed by atoms with E-state index in [0.717, 1.165) is 10.5 Å². The summed E-state index contributed by atoms with van der Waals surface area (Å²) < 4.78 is 11.1. The van der Waals surface area contributed by atoms with Gasteiger partial charge >= 0.3 is 12.0 Å². The Balaban J connectivity index is 2.06. The topological polar surface area (TPSA) is 122 Å². The molecule has 3 rings (SSSR count). The van der Waals surface area contributed by atoms with Gasteiger partial charge in [0.2, 0.25) is 0 Å². The van der Waals surface area contributed by atoms with Crippen molar-refractivity contribution >= 4 is 35.6 Å². The van der Waals surface area contributed by atoms with Crippen LogP contribution in [0.25, 0.3) is 6.08 Å². The number of hydrogen-bond donors (Lipinski definition) is 2. The van der Waals surface area contributed by atoms with E-state index < -0.39 is 30.4 Å². The van der Waals surface area contributed by atoms with Gasteiger partial charge in [-0.15, -0.1) is 6.58 Å². The molecule has 0 radical (unpaired) electrons. The molecule has 4 amide bonds. The molecule has 0 unspecified atom stereocenters. The SMILES string of the molecule is C=CCc1cc(/C=C2\C(=O)NC(=O)N(c3ccc(C)cc3)C2=O)cc(OCC)c1OCC(=O)O. The first-order valence-electron chi connectivity index (χ1n) is 10.5. The largest absolute Gasteiger partial charge is 0.490 e. The number of aryl methyl sites for hydroxylation is 1. The summed E-state index contributed by atoms with van der Waals surface area (Å²) in [5, 5.41) is 11.2. The maximum atomic E-state index is 13.1. The van der Waals surface area contributed by atoms with Crippen LogP contribution in [-0.2, 0) is 20.8 Å². The van der Waals surface area contributed by atoms with E-state index in [9.17, 15) is 19.2 Å². The normalized spacial score (nSPS) is 14.7. The first-order valence-corrected chi connectivity index (χ1v) is 10.5. The second-order valence-electron chi connectivity index (χ2n) is 7.41. The Kier molecular flexibility index (Phi) is 7.47. The number of aliphatic carboxylic acids is 1. The molecular formula is C25H24N2O7. The average molecular weight is 464 g/mol. The van der Waals surface area contributed by atoms with E-state index in [-0.39, 0.29) is 23.7 Å². The molecule has 0 bridgehead atoms. The summed E-state index contributed by atoms with van der Waals surface area (Å²) in [6, 6.07) is 9.07. The third kappa shape index (κ3) is 5.32. The predicted octanol–water partition coefficient (Wildman–Crippen LogP) is 3.25. The van der Waals surface area contributed by atoms with Crippen LogP contribution < -0.4 is 19.7 Å². The number of urea groups is 1. The van der Waals surface area contributed by atoms with Crippen LogP contribution in [0.1, 0.15) is 23.6 Å². The van der Waals surface area contributed by atoms with Gasteiger partial charge in [0.25, 0.3) is 11.8 Å². The van der Waals surface area contributed by atoms with E-state index in [0.29, 0.717) is 23.2 Å². The van der Waals surface area contributed by atoms with Crippen molar-refractivity contribution in [1.82, 2.24) is 5.32 Å². The number of carbonyl (C=O) groups is 4. The molecule has 1 fully saturated rings. The van der Waals surface area contributed by atoms with Crippen molar-refractivity contribution in [2.24, 2.45) is 0 Å². The number of imide groups is 2. The van der Waals surface area contributed by atoms with Gasteiger partial charge in [0.05, 0.1) is 12.3 Å². The van der Waals surface area contributed by atoms with Gasteiger partial charge in [0.1, 0.15) is 5.57 Å². The highest BCUT2D eigenvalue weighted by atomic mass is 16.5. The Morgan fingerprint density at radius 3 is 2.47 bits per heavy atom. The van der Waals surface area contributed by atoms with Gasteiger partial charge < -0.3 is 14.6 Å². The monoisotopic (exact) mass is 464 g/mol. The first kappa shape index (κ1) is 24.2. The molecule has 2 aromatic carbocycles. The van der Waals surface area contributed by atoms with Gasteiger partial charge in [-0.05, 0) is 56.2 Å². The molecular weight excluding hydrogens is 440 g/mol. The van der Waals surface area contributed by atoms with Gasteiger partial charge in [-0.25, -0.2) is 14.5 Å². The molecule has 0 saturated carbocycles. The fraction of sp³-hybridized carbons (Fsp3) is 0.200. The van der Waals surface area contributed by atoms with E-state index in [2.05, 4.69) is 11.9 Å². The standard InChI is InChI=1S/C25H24N2O7/c1-4-6-17-11-16(13-20(33-5-2)22(17)34-14-21(28)29)12-19-23(30)26-25(32)27(24(19)31)18-9-7-15(3)8-10-18/h4,7-13H,1,5-6,14H2,2-3H3,(H,28,29)(H,26,30,32)/b19-12+. The molecule has 9 nitrogen and oxygen atoms in total. The van der Waals surface area contributed by atoms with Gasteiger partial charge in [-0.1, -0.05) is 23.8 Å². The van der Waals surface area contributed by atoms with Crippen LogP contribution >= 0.6 is 0 Å². The lowest BCUT2D eigenvalue weighted by Crippen LogP contribution is -2.54. The zero-order valence-electron chi connectivity index (χ0n) is 18.8. The Bertz CT molecular complexity index is 1180. The van der Waals surface area contributed by atoms with Crippen molar-refractivity contribution in [3.8, 4) is 11.5 Å². The number of carbonyl (C=O) groups excluding carboxylic acids is 3. The lowest BCUT2D eigenvalue weighted by Gasteiger charge is -2.26. The van der Waals surface area contributed by atoms with Gasteiger partial charge in [0, 0.05) is 5.56 Å². The lowest BCUT2D eigenvalue weighted by molar-refractivity contribution is -0.139. The summed E-state index contributed by atoms with van der Waals surface area (Å²) in [5.41, 5.74) is 2.02. The minimum absolute atomic E-state index is 0.238. The summed E-state index contributed by atoms with van der Waals surface area (Å²) in [5.74, 6) is -2.25. The fourth-order valence-electron chi connectivity index (χ4n) is 3.39. The van der Waals surface area contributed by atoms with Crippen LogP contribution in [0.3, 0.4) is 0 Å². The molecule has 0 atom stereocenters. The number of barbiturate groups is 1. The Labute approximate surface area is 196 Å². The number of benzene rings is 2. The third-order valence-corrected chi connectivity index (χ3v) is 4.86. The zero-order valence-corrected chi connectivity index (χ0v) is 18.8. The number of rotatable bonds is 9. The molecule has 1 saturated heterocycles. The van der Waals surface area contributed by atoms with E-state index in [1.54, 1.807) is 43.3 Å². The molecule has 176 valence electrons. The summed E-state index contributed by atoms with van der Waals surface area (Å²) in [7, 11) is 0. The van der Waals surface area contributed by atoms with Crippen molar-refractivity contribution < 1.29 is 33.8 Å². The molecule has 1 aliphatic rings. The van der Waals surface area contributed by atoms with Crippen LogP contribution in [0.15, 0.2) is 54.6 Å². The molecule has 9 heteroatoms. The molecule has 0 aromatic heterocycles. The van der Waals surface area contributed by atoms with Crippen molar-refractivity contribution in [2.75, 3.05) is 18.1 Å². The van der Waals surface area contributed by atoms with E-state index in [1.165, 1.54) is 12.1 Å². The maximum absolute atomic E-state index is 13.1. The number of carboxylic acids is 1. The van der Waals surface area contributed by atoms with Gasteiger partial charge in [-0.3, -0.25) is 14.9 Å². The number of nitrogens with one attached hydrogen (secondary N) is 1. The molecule has 1 heterocycles. The number of ether oxygens (including phenoxy) is 2.